The molecule has 0 fully saturated rings. The van der Waals surface area contributed by atoms with Crippen molar-refractivity contribution < 1.29 is 17.9 Å². The van der Waals surface area contributed by atoms with Gasteiger partial charge in [0.2, 0.25) is 0 Å². The molecule has 3 rings (SSSR count). The molecule has 0 radical (unpaired) electrons. The van der Waals surface area contributed by atoms with E-state index in [0.29, 0.717) is 22.7 Å². The number of ether oxygens (including phenoxy) is 1. The molecular formula is C23H24N2O4S. The number of anilines is 2. The number of rotatable bonds is 6. The van der Waals surface area contributed by atoms with Gasteiger partial charge in [-0.25, -0.2) is 8.42 Å². The summed E-state index contributed by atoms with van der Waals surface area (Å²) < 4.78 is 33.9. The normalized spacial score (nSPS) is 11.1. The van der Waals surface area contributed by atoms with Crippen molar-refractivity contribution in [1.29, 1.82) is 0 Å². The summed E-state index contributed by atoms with van der Waals surface area (Å²) in [7, 11) is -2.33. The van der Waals surface area contributed by atoms with Crippen molar-refractivity contribution in [3.63, 3.8) is 0 Å². The number of hydrogen-bond donors (Lipinski definition) is 2. The summed E-state index contributed by atoms with van der Waals surface area (Å²) >= 11 is 0. The second kappa shape index (κ2) is 8.59. The molecule has 0 saturated heterocycles. The molecule has 0 bridgehead atoms. The number of carbonyl (C=O) groups is 1. The fraction of sp³-hybridized carbons (Fsp3) is 0.174. The van der Waals surface area contributed by atoms with Gasteiger partial charge in [-0.15, -0.1) is 0 Å². The molecule has 0 saturated carbocycles. The molecular weight excluding hydrogens is 400 g/mol. The van der Waals surface area contributed by atoms with Crippen molar-refractivity contribution in [1.82, 2.24) is 0 Å². The molecule has 2 N–H and O–H groups in total. The average Bonchev–Trinajstić information content (AvgIpc) is 2.70. The Balaban J connectivity index is 1.90. The number of carbonyl (C=O) groups excluding carboxylic acids is 1. The van der Waals surface area contributed by atoms with Gasteiger partial charge in [-0.3, -0.25) is 9.52 Å². The van der Waals surface area contributed by atoms with E-state index >= 15 is 0 Å². The molecule has 6 nitrogen and oxygen atoms in total. The Morgan fingerprint density at radius 3 is 2.37 bits per heavy atom. The van der Waals surface area contributed by atoms with Gasteiger partial charge in [-0.1, -0.05) is 24.3 Å². The van der Waals surface area contributed by atoms with Crippen LogP contribution in [0.25, 0.3) is 0 Å². The standard InChI is InChI=1S/C23H24N2O4S/c1-15-8-9-16(2)21(12-15)25-30(27,28)22-13-18(11-10-17(22)3)23(26)24-19-6-5-7-20(14-19)29-4/h5-14,25H,1-4H3,(H,24,26). The number of hydrogen-bond acceptors (Lipinski definition) is 4. The van der Waals surface area contributed by atoms with Gasteiger partial charge in [0.15, 0.2) is 0 Å². The van der Waals surface area contributed by atoms with Gasteiger partial charge in [0, 0.05) is 17.3 Å². The quantitative estimate of drug-likeness (QED) is 0.602. The number of sulfonamides is 1. The molecule has 3 aromatic carbocycles. The number of nitrogens with one attached hydrogen (secondary N) is 2. The summed E-state index contributed by atoms with van der Waals surface area (Å²) in [4.78, 5) is 12.8. The van der Waals surface area contributed by atoms with E-state index < -0.39 is 15.9 Å². The van der Waals surface area contributed by atoms with Crippen LogP contribution in [-0.4, -0.2) is 21.4 Å². The van der Waals surface area contributed by atoms with E-state index in [1.54, 1.807) is 56.5 Å². The lowest BCUT2D eigenvalue weighted by atomic mass is 10.1. The molecule has 0 heterocycles. The van der Waals surface area contributed by atoms with Crippen molar-refractivity contribution in [2.75, 3.05) is 17.1 Å². The van der Waals surface area contributed by atoms with Crippen LogP contribution in [0.1, 0.15) is 27.0 Å². The molecule has 0 aliphatic carbocycles. The molecule has 3 aromatic rings. The van der Waals surface area contributed by atoms with Crippen molar-refractivity contribution in [2.24, 2.45) is 0 Å². The number of amides is 1. The van der Waals surface area contributed by atoms with Crippen LogP contribution >= 0.6 is 0 Å². The Hall–Kier alpha value is -3.32. The van der Waals surface area contributed by atoms with Gasteiger partial charge >= 0.3 is 0 Å². The topological polar surface area (TPSA) is 84.5 Å². The van der Waals surface area contributed by atoms with Crippen molar-refractivity contribution in [3.05, 3.63) is 82.9 Å². The van der Waals surface area contributed by atoms with Crippen LogP contribution in [0.5, 0.6) is 5.75 Å². The number of methoxy groups -OCH3 is 1. The monoisotopic (exact) mass is 424 g/mol. The molecule has 0 atom stereocenters. The first-order valence-electron chi connectivity index (χ1n) is 9.36. The molecule has 7 heteroatoms. The van der Waals surface area contributed by atoms with Crippen LogP contribution in [0.15, 0.2) is 65.6 Å². The third-order valence-corrected chi connectivity index (χ3v) is 6.21. The minimum absolute atomic E-state index is 0.0571. The molecule has 0 aliphatic heterocycles. The van der Waals surface area contributed by atoms with E-state index in [2.05, 4.69) is 10.0 Å². The number of benzene rings is 3. The van der Waals surface area contributed by atoms with Crippen LogP contribution < -0.4 is 14.8 Å². The second-order valence-electron chi connectivity index (χ2n) is 7.09. The van der Waals surface area contributed by atoms with Crippen LogP contribution in [0.4, 0.5) is 11.4 Å². The minimum Gasteiger partial charge on any atom is -0.497 e. The zero-order valence-corrected chi connectivity index (χ0v) is 18.1. The van der Waals surface area contributed by atoms with Gasteiger partial charge in [0.05, 0.1) is 17.7 Å². The Kier molecular flexibility index (Phi) is 6.12. The third-order valence-electron chi connectivity index (χ3n) is 4.70. The highest BCUT2D eigenvalue weighted by Gasteiger charge is 2.20. The molecule has 156 valence electrons. The van der Waals surface area contributed by atoms with Crippen LogP contribution in [0.3, 0.4) is 0 Å². The predicted molar refractivity (Wildman–Crippen MR) is 119 cm³/mol. The van der Waals surface area contributed by atoms with Crippen molar-refractivity contribution in [3.8, 4) is 5.75 Å². The van der Waals surface area contributed by atoms with Crippen LogP contribution in [0, 0.1) is 20.8 Å². The summed E-state index contributed by atoms with van der Waals surface area (Å²) in [5.74, 6) is 0.198. The van der Waals surface area contributed by atoms with E-state index in [1.165, 1.54) is 6.07 Å². The van der Waals surface area contributed by atoms with Gasteiger partial charge < -0.3 is 10.1 Å². The summed E-state index contributed by atoms with van der Waals surface area (Å²) in [5.41, 5.74) is 3.61. The average molecular weight is 425 g/mol. The van der Waals surface area contributed by atoms with Crippen molar-refractivity contribution >= 4 is 27.3 Å². The zero-order chi connectivity index (χ0) is 21.9. The minimum atomic E-state index is -3.87. The maximum atomic E-state index is 13.0. The Morgan fingerprint density at radius 1 is 0.900 bits per heavy atom. The lowest BCUT2D eigenvalue weighted by Gasteiger charge is -2.14. The first-order chi connectivity index (χ1) is 14.2. The first kappa shape index (κ1) is 21.4. The largest absolute Gasteiger partial charge is 0.497 e. The second-order valence-corrected chi connectivity index (χ2v) is 8.74. The highest BCUT2D eigenvalue weighted by atomic mass is 32.2. The Labute approximate surface area is 177 Å². The predicted octanol–water partition coefficient (Wildman–Crippen LogP) is 4.67. The van der Waals surface area contributed by atoms with Crippen LogP contribution in [-0.2, 0) is 10.0 Å². The van der Waals surface area contributed by atoms with E-state index in [1.807, 2.05) is 26.0 Å². The summed E-state index contributed by atoms with van der Waals surface area (Å²) in [6.07, 6.45) is 0. The lowest BCUT2D eigenvalue weighted by Crippen LogP contribution is -2.17. The highest BCUT2D eigenvalue weighted by Crippen LogP contribution is 2.24. The molecule has 30 heavy (non-hydrogen) atoms. The summed E-state index contributed by atoms with van der Waals surface area (Å²) in [6.45, 7) is 5.43. The summed E-state index contributed by atoms with van der Waals surface area (Å²) in [5, 5.41) is 2.76. The van der Waals surface area contributed by atoms with E-state index in [4.69, 9.17) is 4.74 Å². The van der Waals surface area contributed by atoms with E-state index in [-0.39, 0.29) is 10.5 Å². The molecule has 0 aromatic heterocycles. The third kappa shape index (κ3) is 4.80. The Morgan fingerprint density at radius 2 is 1.63 bits per heavy atom. The maximum Gasteiger partial charge on any atom is 0.262 e. The van der Waals surface area contributed by atoms with E-state index in [0.717, 1.165) is 11.1 Å². The van der Waals surface area contributed by atoms with Gasteiger partial charge in [-0.05, 0) is 67.8 Å². The molecule has 0 spiro atoms. The SMILES string of the molecule is COc1cccc(NC(=O)c2ccc(C)c(S(=O)(=O)Nc3cc(C)ccc3C)c2)c1. The van der Waals surface area contributed by atoms with Crippen LogP contribution in [0.2, 0.25) is 0 Å². The molecule has 0 aliphatic rings. The molecule has 0 unspecified atom stereocenters. The fourth-order valence-electron chi connectivity index (χ4n) is 2.98. The number of aryl methyl sites for hydroxylation is 3. The van der Waals surface area contributed by atoms with Crippen molar-refractivity contribution in [2.45, 2.75) is 25.7 Å². The zero-order valence-electron chi connectivity index (χ0n) is 17.3. The van der Waals surface area contributed by atoms with E-state index in [9.17, 15) is 13.2 Å². The lowest BCUT2D eigenvalue weighted by molar-refractivity contribution is 0.102. The fourth-order valence-corrected chi connectivity index (χ4v) is 4.37. The maximum absolute atomic E-state index is 13.0. The van der Waals surface area contributed by atoms with Gasteiger partial charge in [0.25, 0.3) is 15.9 Å². The first-order valence-corrected chi connectivity index (χ1v) is 10.8. The highest BCUT2D eigenvalue weighted by molar-refractivity contribution is 7.92. The summed E-state index contributed by atoms with van der Waals surface area (Å²) in [6, 6.07) is 17.1. The van der Waals surface area contributed by atoms with Gasteiger partial charge in [0.1, 0.15) is 5.75 Å². The van der Waals surface area contributed by atoms with Gasteiger partial charge in [-0.2, -0.15) is 0 Å². The smallest absolute Gasteiger partial charge is 0.262 e. The molecule has 1 amide bonds. The Bertz CT molecular complexity index is 1200.